The van der Waals surface area contributed by atoms with Gasteiger partial charge in [-0.2, -0.15) is 4.98 Å². The van der Waals surface area contributed by atoms with Crippen molar-refractivity contribution in [1.82, 2.24) is 25.7 Å². The molecule has 1 atom stereocenters. The van der Waals surface area contributed by atoms with Crippen LogP contribution in [0.2, 0.25) is 0 Å². The van der Waals surface area contributed by atoms with Crippen molar-refractivity contribution in [3.63, 3.8) is 0 Å². The number of guanidine groups is 1. The molecule has 0 aromatic carbocycles. The summed E-state index contributed by atoms with van der Waals surface area (Å²) in [6.07, 6.45) is 3.00. The van der Waals surface area contributed by atoms with Crippen molar-refractivity contribution in [1.29, 1.82) is 0 Å². The van der Waals surface area contributed by atoms with Crippen LogP contribution in [0.5, 0.6) is 0 Å². The lowest BCUT2D eigenvalue weighted by molar-refractivity contribution is 0.292. The predicted molar refractivity (Wildman–Crippen MR) is 118 cm³/mol. The van der Waals surface area contributed by atoms with Crippen molar-refractivity contribution in [3.8, 4) is 0 Å². The van der Waals surface area contributed by atoms with Gasteiger partial charge in [-0.1, -0.05) is 32.9 Å². The Morgan fingerprint density at radius 1 is 1.23 bits per heavy atom. The second kappa shape index (κ2) is 14.2. The summed E-state index contributed by atoms with van der Waals surface area (Å²) < 4.78 is 5.25. The van der Waals surface area contributed by atoms with Crippen LogP contribution in [0.3, 0.4) is 0 Å². The number of nitrogens with one attached hydrogen (secondary N) is 2. The quantitative estimate of drug-likeness (QED) is 0.288. The van der Waals surface area contributed by atoms with Crippen molar-refractivity contribution in [2.45, 2.75) is 65.8 Å². The summed E-state index contributed by atoms with van der Waals surface area (Å²) in [6, 6.07) is 0.387. The summed E-state index contributed by atoms with van der Waals surface area (Å²) in [5.74, 6) is 2.54. The average molecular weight is 480 g/mol. The maximum Gasteiger partial charge on any atom is 0.228 e. The Kier molecular flexibility index (Phi) is 13.7. The van der Waals surface area contributed by atoms with E-state index in [0.717, 1.165) is 37.8 Å². The number of hydrogen-bond acceptors (Lipinski definition) is 5. The Balaban J connectivity index is 0.00000625. The van der Waals surface area contributed by atoms with Crippen molar-refractivity contribution < 1.29 is 4.52 Å². The number of nitrogens with zero attached hydrogens (tertiary/aromatic N) is 4. The molecule has 1 rings (SSSR count). The van der Waals surface area contributed by atoms with Crippen LogP contribution < -0.4 is 10.6 Å². The molecule has 0 radical (unpaired) electrons. The minimum atomic E-state index is 0. The Bertz CT molecular complexity index is 502. The Morgan fingerprint density at radius 2 is 1.92 bits per heavy atom. The van der Waals surface area contributed by atoms with Gasteiger partial charge >= 0.3 is 0 Å². The molecule has 1 aromatic rings. The first kappa shape index (κ1) is 25.1. The molecule has 7 nitrogen and oxygen atoms in total. The van der Waals surface area contributed by atoms with E-state index in [1.165, 1.54) is 6.42 Å². The molecule has 1 unspecified atom stereocenters. The lowest BCUT2D eigenvalue weighted by Crippen LogP contribution is -2.43. The molecule has 0 saturated carbocycles. The SMILES string of the molecule is CCN(CC)CCCC(C)NC(=NC)NCCc1nc(C(C)C)no1.I. The summed E-state index contributed by atoms with van der Waals surface area (Å²) in [4.78, 5) is 11.1. The van der Waals surface area contributed by atoms with Gasteiger partial charge in [-0.05, 0) is 39.4 Å². The van der Waals surface area contributed by atoms with Crippen LogP contribution in [0.1, 0.15) is 65.1 Å². The monoisotopic (exact) mass is 480 g/mol. The number of rotatable bonds is 11. The summed E-state index contributed by atoms with van der Waals surface area (Å²) >= 11 is 0. The largest absolute Gasteiger partial charge is 0.356 e. The van der Waals surface area contributed by atoms with Crippen LogP contribution >= 0.6 is 24.0 Å². The third-order valence-corrected chi connectivity index (χ3v) is 4.24. The van der Waals surface area contributed by atoms with Crippen LogP contribution in [-0.4, -0.2) is 60.3 Å². The molecule has 0 spiro atoms. The zero-order chi connectivity index (χ0) is 18.7. The normalized spacial score (nSPS) is 13.0. The highest BCUT2D eigenvalue weighted by molar-refractivity contribution is 14.0. The first-order valence-corrected chi connectivity index (χ1v) is 9.52. The number of halogens is 1. The molecule has 1 aromatic heterocycles. The molecule has 0 aliphatic carbocycles. The molecular formula is C18H37IN6O. The Labute approximate surface area is 175 Å². The van der Waals surface area contributed by atoms with E-state index >= 15 is 0 Å². The van der Waals surface area contributed by atoms with E-state index in [9.17, 15) is 0 Å². The van der Waals surface area contributed by atoms with Gasteiger partial charge in [0.1, 0.15) is 0 Å². The topological polar surface area (TPSA) is 78.6 Å². The lowest BCUT2D eigenvalue weighted by atomic mass is 10.2. The van der Waals surface area contributed by atoms with Gasteiger partial charge in [0.15, 0.2) is 11.8 Å². The van der Waals surface area contributed by atoms with Gasteiger partial charge in [0.25, 0.3) is 0 Å². The molecule has 0 aliphatic heterocycles. The van der Waals surface area contributed by atoms with Crippen molar-refractivity contribution >= 4 is 29.9 Å². The molecule has 0 saturated heterocycles. The molecule has 26 heavy (non-hydrogen) atoms. The van der Waals surface area contributed by atoms with Crippen molar-refractivity contribution in [2.75, 3.05) is 33.2 Å². The van der Waals surface area contributed by atoms with Crippen molar-refractivity contribution in [2.24, 2.45) is 4.99 Å². The fraction of sp³-hybridized carbons (Fsp3) is 0.833. The smallest absolute Gasteiger partial charge is 0.228 e. The van der Waals surface area contributed by atoms with E-state index in [1.54, 1.807) is 7.05 Å². The fourth-order valence-corrected chi connectivity index (χ4v) is 2.55. The highest BCUT2D eigenvalue weighted by Gasteiger charge is 2.10. The molecule has 0 aliphatic rings. The van der Waals surface area contributed by atoms with Crippen LogP contribution in [0, 0.1) is 0 Å². The number of aliphatic imine (C=N–C) groups is 1. The van der Waals surface area contributed by atoms with Gasteiger partial charge in [-0.3, -0.25) is 4.99 Å². The second-order valence-corrected chi connectivity index (χ2v) is 6.66. The third kappa shape index (κ3) is 9.70. The van der Waals surface area contributed by atoms with Gasteiger partial charge < -0.3 is 20.1 Å². The zero-order valence-electron chi connectivity index (χ0n) is 17.2. The first-order valence-electron chi connectivity index (χ1n) is 9.52. The molecular weight excluding hydrogens is 443 g/mol. The minimum Gasteiger partial charge on any atom is -0.356 e. The van der Waals surface area contributed by atoms with Gasteiger partial charge in [-0.25, -0.2) is 0 Å². The summed E-state index contributed by atoms with van der Waals surface area (Å²) in [5, 5.41) is 10.7. The van der Waals surface area contributed by atoms with E-state index in [0.29, 0.717) is 24.9 Å². The van der Waals surface area contributed by atoms with E-state index < -0.39 is 0 Å². The van der Waals surface area contributed by atoms with Gasteiger partial charge in [0, 0.05) is 32.0 Å². The number of aromatic nitrogens is 2. The van der Waals surface area contributed by atoms with E-state index in [2.05, 4.69) is 65.3 Å². The minimum absolute atomic E-state index is 0. The first-order chi connectivity index (χ1) is 12.0. The average Bonchev–Trinajstić information content (AvgIpc) is 3.07. The highest BCUT2D eigenvalue weighted by atomic mass is 127. The summed E-state index contributed by atoms with van der Waals surface area (Å²) in [7, 11) is 1.79. The molecule has 0 fully saturated rings. The Morgan fingerprint density at radius 3 is 2.46 bits per heavy atom. The van der Waals surface area contributed by atoms with Crippen LogP contribution in [0.15, 0.2) is 9.52 Å². The maximum atomic E-state index is 5.25. The van der Waals surface area contributed by atoms with E-state index in [-0.39, 0.29) is 29.9 Å². The van der Waals surface area contributed by atoms with E-state index in [4.69, 9.17) is 4.52 Å². The van der Waals surface area contributed by atoms with E-state index in [1.807, 2.05) is 0 Å². The zero-order valence-corrected chi connectivity index (χ0v) is 19.5. The third-order valence-electron chi connectivity index (χ3n) is 4.24. The summed E-state index contributed by atoms with van der Waals surface area (Å²) in [5.41, 5.74) is 0. The second-order valence-electron chi connectivity index (χ2n) is 6.66. The standard InChI is InChI=1S/C18H36N6O.HI/c1-7-24(8-2)13-9-10-15(5)21-18(19-6)20-12-11-16-22-17(14(3)4)23-25-16;/h14-15H,7-13H2,1-6H3,(H2,19,20,21);1H. The Hall–Kier alpha value is -0.900. The molecule has 0 amide bonds. The lowest BCUT2D eigenvalue weighted by Gasteiger charge is -2.21. The molecule has 0 bridgehead atoms. The summed E-state index contributed by atoms with van der Waals surface area (Å²) in [6.45, 7) is 14.8. The van der Waals surface area contributed by atoms with Gasteiger partial charge in [0.05, 0.1) is 0 Å². The molecule has 2 N–H and O–H groups in total. The fourth-order valence-electron chi connectivity index (χ4n) is 2.55. The molecule has 152 valence electrons. The van der Waals surface area contributed by atoms with Gasteiger partial charge in [0.2, 0.25) is 5.89 Å². The van der Waals surface area contributed by atoms with Crippen LogP contribution in [-0.2, 0) is 6.42 Å². The predicted octanol–water partition coefficient (Wildman–Crippen LogP) is 3.03. The van der Waals surface area contributed by atoms with Gasteiger partial charge in [-0.15, -0.1) is 24.0 Å². The van der Waals surface area contributed by atoms with Crippen LogP contribution in [0.25, 0.3) is 0 Å². The van der Waals surface area contributed by atoms with Crippen LogP contribution in [0.4, 0.5) is 0 Å². The highest BCUT2D eigenvalue weighted by Crippen LogP contribution is 2.09. The van der Waals surface area contributed by atoms with Crippen molar-refractivity contribution in [3.05, 3.63) is 11.7 Å². The number of hydrogen-bond donors (Lipinski definition) is 2. The molecule has 1 heterocycles. The molecule has 8 heteroatoms. The maximum absolute atomic E-state index is 5.25.